The molecule has 0 radical (unpaired) electrons. The zero-order valence-electron chi connectivity index (χ0n) is 18.7. The summed E-state index contributed by atoms with van der Waals surface area (Å²) in [4.78, 5) is 27.9. The van der Waals surface area contributed by atoms with Crippen LogP contribution in [0.25, 0.3) is 22.1 Å². The van der Waals surface area contributed by atoms with Gasteiger partial charge in [-0.3, -0.25) is 15.0 Å². The molecular formula is C27H26N3O4+. The fourth-order valence-corrected chi connectivity index (χ4v) is 5.25. The highest BCUT2D eigenvalue weighted by molar-refractivity contribution is 6.03. The lowest BCUT2D eigenvalue weighted by atomic mass is 9.84. The minimum absolute atomic E-state index is 0.0413. The molecule has 3 saturated heterocycles. The fraction of sp³-hybridized carbons (Fsp3) is 0.259. The van der Waals surface area contributed by atoms with Crippen LogP contribution in [0.2, 0.25) is 0 Å². The van der Waals surface area contributed by atoms with Crippen LogP contribution in [-0.4, -0.2) is 42.4 Å². The average molecular weight is 457 g/mol. The number of carbonyl (C=O) groups excluding carboxylic acids is 2. The molecule has 3 aliphatic heterocycles. The van der Waals surface area contributed by atoms with E-state index in [0.29, 0.717) is 29.0 Å². The number of furan rings is 2. The molecule has 0 spiro atoms. The topological polar surface area (TPSA) is 92.3 Å². The zero-order valence-corrected chi connectivity index (χ0v) is 18.7. The minimum atomic E-state index is -0.311. The summed E-state index contributed by atoms with van der Waals surface area (Å²) in [5, 5.41) is 5.61. The molecule has 0 saturated carbocycles. The minimum Gasteiger partial charge on any atom is -0.459 e. The maximum atomic E-state index is 13.1. The van der Waals surface area contributed by atoms with E-state index in [1.54, 1.807) is 12.1 Å². The summed E-state index contributed by atoms with van der Waals surface area (Å²) >= 11 is 0. The van der Waals surface area contributed by atoms with Crippen molar-refractivity contribution in [1.29, 1.82) is 0 Å². The van der Waals surface area contributed by atoms with Crippen LogP contribution in [0, 0.1) is 5.92 Å². The van der Waals surface area contributed by atoms with Gasteiger partial charge in [-0.15, -0.1) is 0 Å². The van der Waals surface area contributed by atoms with Crippen molar-refractivity contribution >= 4 is 28.5 Å². The number of hydrogen-bond acceptors (Lipinski definition) is 5. The first-order chi connectivity index (χ1) is 16.6. The summed E-state index contributed by atoms with van der Waals surface area (Å²) < 4.78 is 11.3. The van der Waals surface area contributed by atoms with Gasteiger partial charge >= 0.3 is 5.91 Å². The number of benzene rings is 2. The van der Waals surface area contributed by atoms with Crippen molar-refractivity contribution in [3.8, 4) is 11.1 Å². The van der Waals surface area contributed by atoms with Crippen LogP contribution in [-0.2, 0) is 0 Å². The second kappa shape index (κ2) is 8.59. The molecule has 1 atom stereocenters. The van der Waals surface area contributed by atoms with E-state index in [9.17, 15) is 9.59 Å². The van der Waals surface area contributed by atoms with Crippen molar-refractivity contribution in [3.05, 3.63) is 78.4 Å². The molecule has 4 aromatic rings. The van der Waals surface area contributed by atoms with Crippen molar-refractivity contribution in [2.45, 2.75) is 18.9 Å². The Labute approximate surface area is 196 Å². The molecule has 5 heterocycles. The predicted octanol–water partition coefficient (Wildman–Crippen LogP) is 3.74. The number of nitrogens with zero attached hydrogens (tertiary/aromatic N) is 1. The third-order valence-electron chi connectivity index (χ3n) is 7.04. The number of anilines is 1. The van der Waals surface area contributed by atoms with Crippen LogP contribution < -0.4 is 10.6 Å². The quantitative estimate of drug-likeness (QED) is 0.477. The second-order valence-electron chi connectivity index (χ2n) is 9.18. The average Bonchev–Trinajstić information content (AvgIpc) is 3.55. The standard InChI is InChI=1S/C27H25N3O4/c31-26(23-8-3-13-33-23)28-20-6-1-4-18(14-20)21-7-2-5-19-15-24(34-25(19)21)27(32)29-22-16-30-11-9-17(22)10-12-30/h1-8,13-15,17,22H,9-12,16H2,(H,28,31)(H,29,32)/p+1/t22-/m0/s1. The van der Waals surface area contributed by atoms with Crippen LogP contribution in [0.15, 0.2) is 75.8 Å². The Morgan fingerprint density at radius 1 is 0.971 bits per heavy atom. The summed E-state index contributed by atoms with van der Waals surface area (Å²) in [6, 6.07) is 18.8. The van der Waals surface area contributed by atoms with E-state index in [2.05, 4.69) is 10.2 Å². The zero-order chi connectivity index (χ0) is 23.1. The van der Waals surface area contributed by atoms with Gasteiger partial charge in [-0.2, -0.15) is 0 Å². The van der Waals surface area contributed by atoms with Gasteiger partial charge in [0.1, 0.15) is 11.6 Å². The van der Waals surface area contributed by atoms with Crippen LogP contribution in [0.3, 0.4) is 0 Å². The lowest BCUT2D eigenvalue weighted by Crippen LogP contribution is -2.97. The second-order valence-corrected chi connectivity index (χ2v) is 9.18. The smallest absolute Gasteiger partial charge is 0.378 e. The van der Waals surface area contributed by atoms with E-state index in [1.807, 2.05) is 53.8 Å². The Kier molecular flexibility index (Phi) is 5.28. The van der Waals surface area contributed by atoms with Crippen LogP contribution in [0.5, 0.6) is 0 Å². The van der Waals surface area contributed by atoms with Crippen LogP contribution in [0.1, 0.15) is 34.0 Å². The summed E-state index contributed by atoms with van der Waals surface area (Å²) in [7, 11) is 0. The molecule has 7 heteroatoms. The molecule has 3 fully saturated rings. The largest absolute Gasteiger partial charge is 0.459 e. The number of nitrogens with two attached hydrogens (primary N) is 1. The first-order valence-corrected chi connectivity index (χ1v) is 11.7. The van der Waals surface area contributed by atoms with Crippen LogP contribution >= 0.6 is 0 Å². The lowest BCUT2D eigenvalue weighted by Gasteiger charge is -2.42. The van der Waals surface area contributed by atoms with E-state index in [0.717, 1.165) is 36.1 Å². The van der Waals surface area contributed by atoms with Gasteiger partial charge in [-0.1, -0.05) is 30.3 Å². The molecule has 172 valence electrons. The molecule has 0 unspecified atom stereocenters. The number of quaternary nitrogens is 1. The first kappa shape index (κ1) is 20.9. The Morgan fingerprint density at radius 2 is 1.82 bits per heavy atom. The highest BCUT2D eigenvalue weighted by atomic mass is 16.3. The van der Waals surface area contributed by atoms with Gasteiger partial charge in [0.15, 0.2) is 5.76 Å². The summed E-state index contributed by atoms with van der Waals surface area (Å²) in [6.45, 7) is 3.27. The normalized spacial score (nSPS) is 21.6. The summed E-state index contributed by atoms with van der Waals surface area (Å²) in [5.74, 6) is 0.880. The van der Waals surface area contributed by atoms with Gasteiger partial charge in [-0.25, -0.2) is 4.79 Å². The molecule has 7 nitrogen and oxygen atoms in total. The number of para-hydroxylation sites is 1. The molecule has 2 bridgehead atoms. The van der Waals surface area contributed by atoms with Gasteiger partial charge in [0.05, 0.1) is 12.8 Å². The third-order valence-corrected chi connectivity index (χ3v) is 7.04. The number of piperidine rings is 3. The van der Waals surface area contributed by atoms with Crippen molar-refractivity contribution in [3.63, 3.8) is 0 Å². The monoisotopic (exact) mass is 456 g/mol. The highest BCUT2D eigenvalue weighted by Crippen LogP contribution is 2.32. The Hall–Kier alpha value is -3.68. The van der Waals surface area contributed by atoms with Gasteiger partial charge in [0, 0.05) is 28.6 Å². The summed E-state index contributed by atoms with van der Waals surface area (Å²) in [6.07, 6.45) is 3.81. The third kappa shape index (κ3) is 3.93. The van der Waals surface area contributed by atoms with E-state index in [4.69, 9.17) is 8.83 Å². The molecule has 2 aromatic carbocycles. The molecule has 2 amide bonds. The molecule has 3 aliphatic rings. The molecule has 34 heavy (non-hydrogen) atoms. The number of nitrogens with one attached hydrogen (secondary N) is 1. The predicted molar refractivity (Wildman–Crippen MR) is 128 cm³/mol. The van der Waals surface area contributed by atoms with E-state index in [-0.39, 0.29) is 17.6 Å². The molecule has 3 N–H and O–H groups in total. The molecular weight excluding hydrogens is 430 g/mol. The van der Waals surface area contributed by atoms with Gasteiger partial charge < -0.3 is 14.2 Å². The maximum absolute atomic E-state index is 13.1. The number of primary amides is 1. The number of amides is 2. The first-order valence-electron chi connectivity index (χ1n) is 11.7. The van der Waals surface area contributed by atoms with Crippen molar-refractivity contribution in [2.75, 3.05) is 25.0 Å². The van der Waals surface area contributed by atoms with Gasteiger partial charge in [0.2, 0.25) is 5.76 Å². The summed E-state index contributed by atoms with van der Waals surface area (Å²) in [5.41, 5.74) is 3.07. The Bertz CT molecular complexity index is 1350. The molecule has 7 rings (SSSR count). The Morgan fingerprint density at radius 3 is 2.59 bits per heavy atom. The van der Waals surface area contributed by atoms with Gasteiger partial charge in [0.25, 0.3) is 5.91 Å². The van der Waals surface area contributed by atoms with Crippen molar-refractivity contribution < 1.29 is 23.7 Å². The van der Waals surface area contributed by atoms with Crippen molar-refractivity contribution in [1.82, 2.24) is 4.90 Å². The Balaban J connectivity index is 1.25. The van der Waals surface area contributed by atoms with E-state index >= 15 is 0 Å². The number of rotatable bonds is 5. The van der Waals surface area contributed by atoms with E-state index < -0.39 is 0 Å². The molecule has 0 aliphatic carbocycles. The number of fused-ring (bicyclic) bond motifs is 4. The SMILES string of the molecule is O=C(Nc1cccc(-c2cccc3cc(C(=O)[NH2+][C@H]4CN5CCC4CC5)oc23)c1)c1ccco1. The fourth-order valence-electron chi connectivity index (χ4n) is 5.25. The maximum Gasteiger partial charge on any atom is 0.378 e. The number of hydrogen-bond donors (Lipinski definition) is 2. The number of carbonyl (C=O) groups is 2. The molecule has 2 aromatic heterocycles. The van der Waals surface area contributed by atoms with Crippen molar-refractivity contribution in [2.24, 2.45) is 5.92 Å². The lowest BCUT2D eigenvalue weighted by molar-refractivity contribution is -0.609. The van der Waals surface area contributed by atoms with Gasteiger partial charge in [-0.05, 0) is 55.8 Å². The van der Waals surface area contributed by atoms with E-state index in [1.165, 1.54) is 19.1 Å². The highest BCUT2D eigenvalue weighted by Gasteiger charge is 2.38. The van der Waals surface area contributed by atoms with Crippen LogP contribution in [0.4, 0.5) is 5.69 Å².